The molecule has 1 aromatic carbocycles. The molecule has 0 amide bonds. The van der Waals surface area contributed by atoms with Gasteiger partial charge >= 0.3 is 0 Å². The molecular weight excluding hydrogens is 288 g/mol. The number of morpholine rings is 1. The highest BCUT2D eigenvalue weighted by atomic mass is 16.5. The van der Waals surface area contributed by atoms with E-state index in [4.69, 9.17) is 4.74 Å². The van der Waals surface area contributed by atoms with Gasteiger partial charge in [-0.15, -0.1) is 0 Å². The number of hydrogen-bond acceptors (Lipinski definition) is 4. The first-order valence-corrected chi connectivity index (χ1v) is 8.30. The molecule has 2 heterocycles. The van der Waals surface area contributed by atoms with Gasteiger partial charge in [-0.05, 0) is 12.5 Å². The Morgan fingerprint density at radius 2 is 1.78 bits per heavy atom. The second-order valence-electron chi connectivity index (χ2n) is 7.20. The summed E-state index contributed by atoms with van der Waals surface area (Å²) in [4.78, 5) is 7.08. The fourth-order valence-electron chi connectivity index (χ4n) is 2.81. The minimum atomic E-state index is -0.0178. The largest absolute Gasteiger partial charge is 0.379 e. The topological polar surface area (TPSA) is 54.0 Å². The molecule has 1 N–H and O–H groups in total. The van der Waals surface area contributed by atoms with Crippen molar-refractivity contribution in [1.82, 2.24) is 20.1 Å². The summed E-state index contributed by atoms with van der Waals surface area (Å²) in [6, 6.07) is 9.00. The monoisotopic (exact) mass is 314 g/mol. The molecule has 0 aliphatic carbocycles. The van der Waals surface area contributed by atoms with E-state index in [1.165, 1.54) is 5.56 Å². The normalized spacial score (nSPS) is 18.1. The number of hydrogen-bond donors (Lipinski definition) is 1. The molecule has 0 radical (unpaired) electrons. The zero-order valence-electron chi connectivity index (χ0n) is 14.5. The van der Waals surface area contributed by atoms with E-state index in [1.807, 2.05) is 0 Å². The predicted octanol–water partition coefficient (Wildman–Crippen LogP) is 3.16. The van der Waals surface area contributed by atoms with Crippen molar-refractivity contribution in [3.05, 3.63) is 35.7 Å². The molecular formula is C18H26N4O. The summed E-state index contributed by atoms with van der Waals surface area (Å²) in [7, 11) is 0. The highest BCUT2D eigenvalue weighted by Gasteiger charge is 2.20. The molecule has 124 valence electrons. The maximum Gasteiger partial charge on any atom is 0.181 e. The molecule has 1 atom stereocenters. The van der Waals surface area contributed by atoms with Gasteiger partial charge in [-0.3, -0.25) is 10.00 Å². The van der Waals surface area contributed by atoms with Crippen LogP contribution < -0.4 is 0 Å². The van der Waals surface area contributed by atoms with E-state index >= 15 is 0 Å². The van der Waals surface area contributed by atoms with Crippen LogP contribution in [0, 0.1) is 0 Å². The number of aromatic amines is 1. The van der Waals surface area contributed by atoms with Gasteiger partial charge in [0.05, 0.1) is 13.2 Å². The molecule has 5 nitrogen and oxygen atoms in total. The van der Waals surface area contributed by atoms with Crippen molar-refractivity contribution in [2.45, 2.75) is 39.2 Å². The number of ether oxygens (including phenoxy) is 1. The van der Waals surface area contributed by atoms with Gasteiger partial charge in [0.25, 0.3) is 0 Å². The van der Waals surface area contributed by atoms with E-state index in [0.29, 0.717) is 6.04 Å². The first kappa shape index (κ1) is 16.1. The van der Waals surface area contributed by atoms with Gasteiger partial charge in [0.2, 0.25) is 0 Å². The summed E-state index contributed by atoms with van der Waals surface area (Å²) in [6.45, 7) is 12.3. The van der Waals surface area contributed by atoms with Crippen LogP contribution in [0.1, 0.15) is 45.1 Å². The van der Waals surface area contributed by atoms with Crippen LogP contribution in [0.3, 0.4) is 0 Å². The quantitative estimate of drug-likeness (QED) is 0.945. The van der Waals surface area contributed by atoms with Crippen molar-refractivity contribution in [3.63, 3.8) is 0 Å². The van der Waals surface area contributed by atoms with Crippen LogP contribution in [0.2, 0.25) is 0 Å². The maximum atomic E-state index is 5.43. The lowest BCUT2D eigenvalue weighted by Crippen LogP contribution is -2.37. The predicted molar refractivity (Wildman–Crippen MR) is 91.3 cm³/mol. The third-order valence-electron chi connectivity index (χ3n) is 4.44. The summed E-state index contributed by atoms with van der Waals surface area (Å²) in [5, 5.41) is 7.40. The molecule has 1 saturated heterocycles. The summed E-state index contributed by atoms with van der Waals surface area (Å²) < 4.78 is 5.43. The van der Waals surface area contributed by atoms with Gasteiger partial charge < -0.3 is 4.74 Å². The highest BCUT2D eigenvalue weighted by molar-refractivity contribution is 5.55. The van der Waals surface area contributed by atoms with E-state index in [9.17, 15) is 0 Å². The number of benzene rings is 1. The average molecular weight is 314 g/mol. The lowest BCUT2D eigenvalue weighted by atomic mass is 9.96. The van der Waals surface area contributed by atoms with E-state index in [0.717, 1.165) is 43.5 Å². The average Bonchev–Trinajstić information content (AvgIpc) is 3.05. The number of aromatic nitrogens is 3. The van der Waals surface area contributed by atoms with Crippen molar-refractivity contribution in [3.8, 4) is 11.4 Å². The summed E-state index contributed by atoms with van der Waals surface area (Å²) in [5.41, 5.74) is 2.35. The van der Waals surface area contributed by atoms with E-state index in [1.54, 1.807) is 0 Å². The fourth-order valence-corrected chi connectivity index (χ4v) is 2.81. The fraction of sp³-hybridized carbons (Fsp3) is 0.556. The number of rotatable bonds is 3. The Morgan fingerprint density at radius 1 is 1.13 bits per heavy atom. The Hall–Kier alpha value is -1.72. The Balaban J connectivity index is 1.75. The zero-order valence-corrected chi connectivity index (χ0v) is 14.5. The third-order valence-corrected chi connectivity index (χ3v) is 4.44. The minimum Gasteiger partial charge on any atom is -0.379 e. The van der Waals surface area contributed by atoms with Crippen LogP contribution >= 0.6 is 0 Å². The van der Waals surface area contributed by atoms with Crippen molar-refractivity contribution in [2.75, 3.05) is 26.3 Å². The summed E-state index contributed by atoms with van der Waals surface area (Å²) >= 11 is 0. The van der Waals surface area contributed by atoms with Crippen LogP contribution in [-0.2, 0) is 10.2 Å². The van der Waals surface area contributed by atoms with Gasteiger partial charge in [0.15, 0.2) is 5.82 Å². The van der Waals surface area contributed by atoms with Crippen molar-refractivity contribution in [2.24, 2.45) is 0 Å². The van der Waals surface area contributed by atoms with Gasteiger partial charge in [-0.25, -0.2) is 4.98 Å². The highest BCUT2D eigenvalue weighted by Crippen LogP contribution is 2.25. The maximum absolute atomic E-state index is 5.43. The molecule has 0 unspecified atom stereocenters. The second kappa shape index (κ2) is 6.42. The molecule has 3 rings (SSSR count). The Bertz CT molecular complexity index is 636. The molecule has 1 aliphatic rings. The van der Waals surface area contributed by atoms with Crippen LogP contribution in [0.25, 0.3) is 11.4 Å². The third kappa shape index (κ3) is 3.62. The van der Waals surface area contributed by atoms with E-state index < -0.39 is 0 Å². The van der Waals surface area contributed by atoms with Crippen LogP contribution in [-0.4, -0.2) is 46.4 Å². The second-order valence-corrected chi connectivity index (χ2v) is 7.20. The summed E-state index contributed by atoms with van der Waals surface area (Å²) in [6.07, 6.45) is 0. The van der Waals surface area contributed by atoms with Gasteiger partial charge in [-0.1, -0.05) is 45.0 Å². The van der Waals surface area contributed by atoms with Crippen LogP contribution in [0.4, 0.5) is 0 Å². The van der Waals surface area contributed by atoms with Crippen LogP contribution in [0.5, 0.6) is 0 Å². The number of nitrogens with zero attached hydrogens (tertiary/aromatic N) is 3. The number of H-pyrrole nitrogens is 1. The molecule has 5 heteroatoms. The SMILES string of the molecule is C[C@H](c1ccc(-c2n[nH]c(C(C)(C)C)n2)cc1)N1CCOCC1. The number of nitrogens with one attached hydrogen (secondary N) is 1. The minimum absolute atomic E-state index is 0.0178. The van der Waals surface area contributed by atoms with E-state index in [2.05, 4.69) is 72.0 Å². The zero-order chi connectivity index (χ0) is 16.4. The lowest BCUT2D eigenvalue weighted by molar-refractivity contribution is 0.0198. The molecule has 0 bridgehead atoms. The molecule has 23 heavy (non-hydrogen) atoms. The first-order chi connectivity index (χ1) is 10.9. The van der Waals surface area contributed by atoms with Gasteiger partial charge in [-0.2, -0.15) is 5.10 Å². The smallest absolute Gasteiger partial charge is 0.181 e. The Labute approximate surface area is 138 Å². The Morgan fingerprint density at radius 3 is 2.35 bits per heavy atom. The molecule has 1 fully saturated rings. The molecule has 0 spiro atoms. The van der Waals surface area contributed by atoms with Gasteiger partial charge in [0.1, 0.15) is 5.82 Å². The van der Waals surface area contributed by atoms with Crippen molar-refractivity contribution in [1.29, 1.82) is 0 Å². The molecule has 2 aromatic rings. The first-order valence-electron chi connectivity index (χ1n) is 8.30. The van der Waals surface area contributed by atoms with Gasteiger partial charge in [0, 0.05) is 30.1 Å². The standard InChI is InChI=1S/C18H26N4O/c1-13(22-9-11-23-12-10-22)14-5-7-15(8-6-14)16-19-17(21-20-16)18(2,3)4/h5-8,13H,9-12H2,1-4H3,(H,19,20,21)/t13-/m1/s1. The van der Waals surface area contributed by atoms with Crippen molar-refractivity contribution < 1.29 is 4.74 Å². The Kier molecular flexibility index (Phi) is 4.50. The molecule has 1 aliphatic heterocycles. The molecule has 1 aromatic heterocycles. The summed E-state index contributed by atoms with van der Waals surface area (Å²) in [5.74, 6) is 1.68. The molecule has 0 saturated carbocycles. The van der Waals surface area contributed by atoms with E-state index in [-0.39, 0.29) is 5.41 Å². The lowest BCUT2D eigenvalue weighted by Gasteiger charge is -2.32. The van der Waals surface area contributed by atoms with Crippen molar-refractivity contribution >= 4 is 0 Å². The van der Waals surface area contributed by atoms with Crippen LogP contribution in [0.15, 0.2) is 24.3 Å².